The van der Waals surface area contributed by atoms with Crippen LogP contribution in [-0.2, 0) is 28.8 Å². The molecule has 0 spiro atoms. The Morgan fingerprint density at radius 3 is 2.46 bits per heavy atom. The first-order chi connectivity index (χ1) is 12.2. The van der Waals surface area contributed by atoms with Gasteiger partial charge in [-0.2, -0.15) is 0 Å². The highest BCUT2D eigenvalue weighted by Crippen LogP contribution is 2.15. The van der Waals surface area contributed by atoms with Crippen molar-refractivity contribution >= 4 is 11.7 Å². The van der Waals surface area contributed by atoms with Crippen LogP contribution in [0.3, 0.4) is 0 Å². The third-order valence-corrected chi connectivity index (χ3v) is 4.35. The minimum Gasteiger partial charge on any atom is -0.378 e. The van der Waals surface area contributed by atoms with Gasteiger partial charge in [0, 0.05) is 18.8 Å². The summed E-state index contributed by atoms with van der Waals surface area (Å²) < 4.78 is 5.40. The van der Waals surface area contributed by atoms with Crippen LogP contribution in [0.25, 0.3) is 0 Å². The van der Waals surface area contributed by atoms with Gasteiger partial charge in [-0.1, -0.05) is 37.8 Å². The van der Waals surface area contributed by atoms with Crippen molar-refractivity contribution < 1.29 is 9.53 Å². The highest BCUT2D eigenvalue weighted by Gasteiger charge is 2.12. The van der Waals surface area contributed by atoms with Crippen LogP contribution in [0.1, 0.15) is 24.2 Å². The fourth-order valence-corrected chi connectivity index (χ4v) is 2.91. The van der Waals surface area contributed by atoms with E-state index in [1.165, 1.54) is 5.56 Å². The molecule has 2 aromatic rings. The van der Waals surface area contributed by atoms with Crippen LogP contribution < -0.4 is 16.2 Å². The number of pyridine rings is 1. The predicted octanol–water partition coefficient (Wildman–Crippen LogP) is 1.87. The van der Waals surface area contributed by atoms with Gasteiger partial charge >= 0.3 is 0 Å². The van der Waals surface area contributed by atoms with Gasteiger partial charge in [-0.15, -0.1) is 0 Å². The Kier molecular flexibility index (Phi) is 7.56. The van der Waals surface area contributed by atoms with E-state index in [1.54, 1.807) is 0 Å². The number of morpholine rings is 1. The summed E-state index contributed by atoms with van der Waals surface area (Å²) >= 11 is 0. The molecule has 0 atom stereocenters. The predicted molar refractivity (Wildman–Crippen MR) is 104 cm³/mol. The van der Waals surface area contributed by atoms with E-state index in [2.05, 4.69) is 40.7 Å². The van der Waals surface area contributed by atoms with Gasteiger partial charge in [-0.3, -0.25) is 10.2 Å². The molecular formula is C20H28N4O2. The summed E-state index contributed by atoms with van der Waals surface area (Å²) in [5, 5.41) is 0. The van der Waals surface area contributed by atoms with Crippen LogP contribution in [-0.4, -0.2) is 37.2 Å². The summed E-state index contributed by atoms with van der Waals surface area (Å²) in [5.41, 5.74) is 5.43. The van der Waals surface area contributed by atoms with Crippen LogP contribution in [0.4, 0.5) is 5.82 Å². The number of carbonyl (C=O) groups is 1. The van der Waals surface area contributed by atoms with Crippen LogP contribution in [0, 0.1) is 0 Å². The van der Waals surface area contributed by atoms with Crippen molar-refractivity contribution in [3.8, 4) is 0 Å². The van der Waals surface area contributed by atoms with Gasteiger partial charge in [0.2, 0.25) is 5.91 Å². The van der Waals surface area contributed by atoms with Crippen molar-refractivity contribution in [2.45, 2.75) is 26.7 Å². The normalized spacial score (nSPS) is 13.8. The minimum absolute atomic E-state index is 0. The van der Waals surface area contributed by atoms with Gasteiger partial charge in [-0.05, 0) is 36.1 Å². The molecule has 6 nitrogen and oxygen atoms in total. The van der Waals surface area contributed by atoms with Gasteiger partial charge < -0.3 is 9.64 Å². The maximum Gasteiger partial charge on any atom is 0.238 e. The number of rotatable bonds is 6. The highest BCUT2D eigenvalue weighted by atomic mass is 16.5. The molecule has 140 valence electrons. The molecule has 1 aliphatic rings. The molecule has 2 heterocycles. The number of ether oxygens (including phenoxy) is 1. The second-order valence-corrected chi connectivity index (χ2v) is 6.15. The number of nitrogens with one attached hydrogen (secondary N) is 1. The SMILES string of the molecule is C.NNC(=O)Cc1ccc(CCc2cccc(N3CCOCC3)n2)cc1. The minimum atomic E-state index is -0.183. The zero-order valence-electron chi connectivity index (χ0n) is 14.3. The average Bonchev–Trinajstić information content (AvgIpc) is 2.68. The Hall–Kier alpha value is -2.44. The summed E-state index contributed by atoms with van der Waals surface area (Å²) in [6, 6.07) is 14.3. The van der Waals surface area contributed by atoms with E-state index in [9.17, 15) is 4.79 Å². The van der Waals surface area contributed by atoms with Crippen molar-refractivity contribution in [1.29, 1.82) is 0 Å². The Morgan fingerprint density at radius 1 is 1.08 bits per heavy atom. The topological polar surface area (TPSA) is 80.5 Å². The molecule has 0 unspecified atom stereocenters. The quantitative estimate of drug-likeness (QED) is 0.469. The van der Waals surface area contributed by atoms with Crippen molar-refractivity contribution in [3.63, 3.8) is 0 Å². The van der Waals surface area contributed by atoms with Crippen LogP contribution >= 0.6 is 0 Å². The zero-order valence-corrected chi connectivity index (χ0v) is 14.3. The van der Waals surface area contributed by atoms with E-state index in [0.29, 0.717) is 6.42 Å². The zero-order chi connectivity index (χ0) is 17.5. The van der Waals surface area contributed by atoms with E-state index >= 15 is 0 Å². The number of benzene rings is 1. The third-order valence-electron chi connectivity index (χ3n) is 4.35. The number of hydrazine groups is 1. The monoisotopic (exact) mass is 356 g/mol. The molecule has 1 saturated heterocycles. The van der Waals surface area contributed by atoms with Crippen molar-refractivity contribution in [2.24, 2.45) is 5.84 Å². The maximum atomic E-state index is 11.3. The largest absolute Gasteiger partial charge is 0.378 e. The first kappa shape index (κ1) is 19.9. The molecule has 0 bridgehead atoms. The first-order valence-corrected chi connectivity index (χ1v) is 8.60. The molecule has 1 fully saturated rings. The van der Waals surface area contributed by atoms with Gasteiger partial charge in [0.15, 0.2) is 0 Å². The molecule has 0 aliphatic carbocycles. The number of amides is 1. The molecular weight excluding hydrogens is 328 g/mol. The molecule has 3 N–H and O–H groups in total. The van der Waals surface area contributed by atoms with Crippen LogP contribution in [0.5, 0.6) is 0 Å². The number of nitrogens with two attached hydrogens (primary N) is 1. The van der Waals surface area contributed by atoms with E-state index in [-0.39, 0.29) is 13.3 Å². The Balaban J connectivity index is 0.00000243. The fourth-order valence-electron chi connectivity index (χ4n) is 2.91. The Bertz CT molecular complexity index is 697. The number of aryl methyl sites for hydroxylation is 2. The number of carbonyl (C=O) groups excluding carboxylic acids is 1. The number of hydrogen-bond acceptors (Lipinski definition) is 5. The average molecular weight is 356 g/mol. The van der Waals surface area contributed by atoms with Gasteiger partial charge in [0.25, 0.3) is 0 Å². The van der Waals surface area contributed by atoms with E-state index in [0.717, 1.165) is 56.2 Å². The second-order valence-electron chi connectivity index (χ2n) is 6.15. The number of hydrogen-bond donors (Lipinski definition) is 2. The molecule has 1 aromatic heterocycles. The molecule has 0 radical (unpaired) electrons. The van der Waals surface area contributed by atoms with Gasteiger partial charge in [-0.25, -0.2) is 10.8 Å². The summed E-state index contributed by atoms with van der Waals surface area (Å²) in [6.07, 6.45) is 2.11. The molecule has 26 heavy (non-hydrogen) atoms. The lowest BCUT2D eigenvalue weighted by Crippen LogP contribution is -2.36. The van der Waals surface area contributed by atoms with E-state index in [4.69, 9.17) is 15.6 Å². The Morgan fingerprint density at radius 2 is 1.77 bits per heavy atom. The summed E-state index contributed by atoms with van der Waals surface area (Å²) in [7, 11) is 0. The molecule has 6 heteroatoms. The lowest BCUT2D eigenvalue weighted by molar-refractivity contribution is -0.120. The molecule has 1 aliphatic heterocycles. The van der Waals surface area contributed by atoms with Crippen LogP contribution in [0.15, 0.2) is 42.5 Å². The molecule has 1 amide bonds. The van der Waals surface area contributed by atoms with E-state index < -0.39 is 0 Å². The first-order valence-electron chi connectivity index (χ1n) is 8.60. The standard InChI is InChI=1S/C19H24N4O2.CH4/c20-22-19(24)14-16-6-4-15(5-7-16)8-9-17-2-1-3-18(21-17)23-10-12-25-13-11-23;/h1-7H,8-14,20H2,(H,22,24);1H4. The Labute approximate surface area is 155 Å². The number of nitrogens with zero attached hydrogens (tertiary/aromatic N) is 2. The molecule has 0 saturated carbocycles. The molecule has 1 aromatic carbocycles. The van der Waals surface area contributed by atoms with Crippen molar-refractivity contribution in [3.05, 3.63) is 59.3 Å². The van der Waals surface area contributed by atoms with Gasteiger partial charge in [0.05, 0.1) is 19.6 Å². The fraction of sp³-hybridized carbons (Fsp3) is 0.400. The summed E-state index contributed by atoms with van der Waals surface area (Å²) in [4.78, 5) is 18.3. The highest BCUT2D eigenvalue weighted by molar-refractivity contribution is 5.77. The molecule has 3 rings (SSSR count). The van der Waals surface area contributed by atoms with Crippen LogP contribution in [0.2, 0.25) is 0 Å². The van der Waals surface area contributed by atoms with Gasteiger partial charge in [0.1, 0.15) is 5.82 Å². The second kappa shape index (κ2) is 9.89. The maximum absolute atomic E-state index is 11.3. The summed E-state index contributed by atoms with van der Waals surface area (Å²) in [6.45, 7) is 3.32. The smallest absolute Gasteiger partial charge is 0.238 e. The van der Waals surface area contributed by atoms with Crippen molar-refractivity contribution in [2.75, 3.05) is 31.2 Å². The lowest BCUT2D eigenvalue weighted by Gasteiger charge is -2.28. The van der Waals surface area contributed by atoms with E-state index in [1.807, 2.05) is 12.1 Å². The van der Waals surface area contributed by atoms with Crippen molar-refractivity contribution in [1.82, 2.24) is 10.4 Å². The summed E-state index contributed by atoms with van der Waals surface area (Å²) in [5.74, 6) is 5.96. The lowest BCUT2D eigenvalue weighted by atomic mass is 10.0. The number of aromatic nitrogens is 1. The third kappa shape index (κ3) is 5.54. The number of anilines is 1.